The molecule has 160 valence electrons. The van der Waals surface area contributed by atoms with Gasteiger partial charge in [-0.05, 0) is 12.1 Å². The normalized spacial score (nSPS) is 5.17. The van der Waals surface area contributed by atoms with Crippen LogP contribution in [0.3, 0.4) is 0 Å². The summed E-state index contributed by atoms with van der Waals surface area (Å²) in [6.45, 7) is 0. The highest BCUT2D eigenvalue weighted by atomic mass is 32.1. The third kappa shape index (κ3) is 18.6. The van der Waals surface area contributed by atoms with Crippen molar-refractivity contribution in [1.29, 1.82) is 0 Å². The third-order valence-electron chi connectivity index (χ3n) is 1.65. The number of benzene rings is 1. The van der Waals surface area contributed by atoms with E-state index in [4.69, 9.17) is 14.2 Å². The second-order valence-corrected chi connectivity index (χ2v) is 2.90. The molecule has 0 fully saturated rings. The minimum atomic E-state index is 0. The predicted molar refractivity (Wildman–Crippen MR) is 109 cm³/mol. The molecule has 1 rings (SSSR count). The molecule has 0 atom stereocenters. The summed E-state index contributed by atoms with van der Waals surface area (Å²) in [5, 5.41) is 0. The molecule has 0 saturated heterocycles. The van der Waals surface area contributed by atoms with E-state index in [1.165, 1.54) is 0 Å². The Morgan fingerprint density at radius 3 is 0.958 bits per heavy atom. The van der Waals surface area contributed by atoms with Crippen molar-refractivity contribution in [2.24, 2.45) is 0 Å². The summed E-state index contributed by atoms with van der Waals surface area (Å²) < 4.78 is 15.3. The Morgan fingerprint density at radius 1 is 0.542 bits per heavy atom. The summed E-state index contributed by atoms with van der Waals surface area (Å²) in [6, 6.07) is 3.54. The monoisotopic (exact) mass is 387 g/mol. The quantitative estimate of drug-likeness (QED) is 0.328. The fraction of sp³-hybridized carbons (Fsp3) is 0.333. The largest absolute Gasteiger partial charge is 0.493 e. The van der Waals surface area contributed by atoms with E-state index in [0.29, 0.717) is 17.2 Å². The van der Waals surface area contributed by atoms with E-state index >= 15 is 0 Å². The molecule has 1 aromatic rings. The zero-order valence-corrected chi connectivity index (χ0v) is 16.5. The maximum atomic E-state index is 5.13. The van der Waals surface area contributed by atoms with Gasteiger partial charge in [0.05, 0.1) is 21.3 Å². The van der Waals surface area contributed by atoms with Gasteiger partial charge in [-0.1, -0.05) is 0 Å². The number of ether oxygens (including phenoxy) is 3. The first-order valence-electron chi connectivity index (χ1n) is 3.72. The Labute approximate surface area is 151 Å². The van der Waals surface area contributed by atoms with Crippen LogP contribution in [0, 0.1) is 0 Å². The Hall–Kier alpha value is -1.47. The van der Waals surface area contributed by atoms with Crippen LogP contribution in [0.15, 0.2) is 17.0 Å². The Morgan fingerprint density at radius 2 is 0.792 bits per heavy atom. The minimum Gasteiger partial charge on any atom is -0.493 e. The summed E-state index contributed by atoms with van der Waals surface area (Å²) in [6.07, 6.45) is 0. The van der Waals surface area contributed by atoms with Crippen LogP contribution in [-0.2, 0) is 0 Å². The summed E-state index contributed by atoms with van der Waals surface area (Å²) in [5.41, 5.74) is 0. The lowest BCUT2D eigenvalue weighted by Gasteiger charge is -2.12. The summed E-state index contributed by atoms with van der Waals surface area (Å²) in [4.78, 5) is 0.773. The van der Waals surface area contributed by atoms with Gasteiger partial charge in [-0.15, -0.1) is 12.6 Å². The molecular weight excluding hydrogens is 342 g/mol. The maximum absolute atomic E-state index is 5.13. The van der Waals surface area contributed by atoms with Crippen LogP contribution < -0.4 is 81.9 Å². The highest BCUT2D eigenvalue weighted by Gasteiger charge is 2.11. The Kier molecular flexibility index (Phi) is 123. The fourth-order valence-electron chi connectivity index (χ4n) is 1.07. The Balaban J connectivity index is -0.0000000171. The van der Waals surface area contributed by atoms with Crippen molar-refractivity contribution in [3.05, 3.63) is 12.1 Å². The van der Waals surface area contributed by atoms with Crippen LogP contribution >= 0.6 is 12.6 Å². The molecule has 0 bridgehead atoms. The molecule has 0 unspecified atom stereocenters. The van der Waals surface area contributed by atoms with Crippen LogP contribution in [0.2, 0.25) is 0 Å². The second kappa shape index (κ2) is 37.6. The molecule has 0 aliphatic heterocycles. The molecular formula is C9H45N11O3S. The molecule has 14 nitrogen and oxygen atoms in total. The lowest BCUT2D eigenvalue weighted by atomic mass is 10.3. The number of hydrogen-bond acceptors (Lipinski definition) is 15. The van der Waals surface area contributed by atoms with Crippen LogP contribution in [0.25, 0.3) is 0 Å². The van der Waals surface area contributed by atoms with Gasteiger partial charge in [0.25, 0.3) is 0 Å². The van der Waals surface area contributed by atoms with Crippen LogP contribution in [0.1, 0.15) is 0 Å². The standard InChI is InChI=1S/C9H12O3S.11H3N/c1-10-7-4-6(13)5-8(11-2)9(7)12-3;;;;;;;;;;;/h4-5,13H,1-3H3;11*1H3. The molecule has 0 spiro atoms. The zero-order chi connectivity index (χ0) is 9.84. The molecule has 24 heavy (non-hydrogen) atoms. The van der Waals surface area contributed by atoms with Crippen LogP contribution in [0.5, 0.6) is 17.2 Å². The lowest BCUT2D eigenvalue weighted by Crippen LogP contribution is -1.94. The van der Waals surface area contributed by atoms with E-state index in [1.54, 1.807) is 33.5 Å². The molecule has 0 heterocycles. The first-order chi connectivity index (χ1) is 6.22. The van der Waals surface area contributed by atoms with E-state index in [1.807, 2.05) is 0 Å². The van der Waals surface area contributed by atoms with Gasteiger partial charge < -0.3 is 81.9 Å². The molecule has 0 aromatic heterocycles. The van der Waals surface area contributed by atoms with Crippen LogP contribution in [-0.4, -0.2) is 21.3 Å². The molecule has 0 radical (unpaired) electrons. The van der Waals surface area contributed by atoms with Crippen molar-refractivity contribution in [3.8, 4) is 17.2 Å². The SMILES string of the molecule is COc1cc(S)cc(OC)c1OC.N.N.N.N.N.N.N.N.N.N.N. The van der Waals surface area contributed by atoms with Gasteiger partial charge in [0.2, 0.25) is 5.75 Å². The van der Waals surface area contributed by atoms with Crippen molar-refractivity contribution in [2.45, 2.75) is 4.90 Å². The van der Waals surface area contributed by atoms with Crippen molar-refractivity contribution in [1.82, 2.24) is 67.7 Å². The van der Waals surface area contributed by atoms with E-state index in [0.717, 1.165) is 4.90 Å². The van der Waals surface area contributed by atoms with Gasteiger partial charge in [0, 0.05) is 4.90 Å². The van der Waals surface area contributed by atoms with Crippen molar-refractivity contribution >= 4 is 12.6 Å². The van der Waals surface area contributed by atoms with Crippen molar-refractivity contribution < 1.29 is 14.2 Å². The smallest absolute Gasteiger partial charge is 0.203 e. The number of methoxy groups -OCH3 is 3. The molecule has 0 aliphatic carbocycles. The van der Waals surface area contributed by atoms with Crippen molar-refractivity contribution in [3.63, 3.8) is 0 Å². The molecule has 0 saturated carbocycles. The van der Waals surface area contributed by atoms with Gasteiger partial charge in [0.15, 0.2) is 11.5 Å². The predicted octanol–water partition coefficient (Wildman–Crippen LogP) is 3.78. The first kappa shape index (κ1) is 78.6. The van der Waals surface area contributed by atoms with Gasteiger partial charge in [-0.3, -0.25) is 0 Å². The van der Waals surface area contributed by atoms with E-state index in [9.17, 15) is 0 Å². The molecule has 0 aliphatic rings. The van der Waals surface area contributed by atoms with Gasteiger partial charge in [0.1, 0.15) is 0 Å². The van der Waals surface area contributed by atoms with E-state index in [-0.39, 0.29) is 67.7 Å². The molecule has 33 N–H and O–H groups in total. The zero-order valence-electron chi connectivity index (χ0n) is 15.6. The van der Waals surface area contributed by atoms with Gasteiger partial charge >= 0.3 is 0 Å². The summed E-state index contributed by atoms with van der Waals surface area (Å²) in [5.74, 6) is 1.82. The Bertz CT molecular complexity index is 298. The third-order valence-corrected chi connectivity index (χ3v) is 1.91. The highest BCUT2D eigenvalue weighted by molar-refractivity contribution is 7.80. The van der Waals surface area contributed by atoms with E-state index in [2.05, 4.69) is 12.6 Å². The lowest BCUT2D eigenvalue weighted by molar-refractivity contribution is 0.323. The number of hydrogen-bond donors (Lipinski definition) is 12. The van der Waals surface area contributed by atoms with Gasteiger partial charge in [-0.25, -0.2) is 0 Å². The molecule has 15 heteroatoms. The fourth-order valence-corrected chi connectivity index (χ4v) is 1.30. The summed E-state index contributed by atoms with van der Waals surface area (Å²) in [7, 11) is 4.72. The maximum Gasteiger partial charge on any atom is 0.203 e. The first-order valence-corrected chi connectivity index (χ1v) is 4.16. The summed E-state index contributed by atoms with van der Waals surface area (Å²) >= 11 is 4.20. The molecule has 0 amide bonds. The topological polar surface area (TPSA) is 413 Å². The molecule has 1 aromatic carbocycles. The second-order valence-electron chi connectivity index (χ2n) is 2.38. The highest BCUT2D eigenvalue weighted by Crippen LogP contribution is 2.38. The average molecular weight is 388 g/mol. The van der Waals surface area contributed by atoms with Crippen LogP contribution in [0.4, 0.5) is 0 Å². The van der Waals surface area contributed by atoms with E-state index < -0.39 is 0 Å². The minimum absolute atomic E-state index is 0. The number of rotatable bonds is 3. The number of thiol groups is 1. The van der Waals surface area contributed by atoms with Gasteiger partial charge in [-0.2, -0.15) is 0 Å². The van der Waals surface area contributed by atoms with Crippen molar-refractivity contribution in [2.75, 3.05) is 21.3 Å². The average Bonchev–Trinajstić information content (AvgIpc) is 2.16.